The molecule has 30 heavy (non-hydrogen) atoms. The molecule has 3 aromatic heterocycles. The second-order valence-electron chi connectivity index (χ2n) is 6.91. The fourth-order valence-electron chi connectivity index (χ4n) is 3.48. The van der Waals surface area contributed by atoms with Gasteiger partial charge >= 0.3 is 5.97 Å². The number of Topliss-reactive ketones (excluding diaryl/α,β-unsaturated/α-hetero) is 1. The van der Waals surface area contributed by atoms with E-state index < -0.39 is 11.8 Å². The van der Waals surface area contributed by atoms with Gasteiger partial charge in [-0.2, -0.15) is 0 Å². The van der Waals surface area contributed by atoms with E-state index in [1.54, 1.807) is 19.1 Å². The number of carbonyl (C=O) groups excluding carboxylic acids is 2. The molecule has 0 aliphatic carbocycles. The van der Waals surface area contributed by atoms with Crippen LogP contribution >= 0.6 is 0 Å². The number of aromatic nitrogens is 2. The molecule has 0 aliphatic rings. The highest BCUT2D eigenvalue weighted by atomic mass is 16.5. The highest BCUT2D eigenvalue weighted by molar-refractivity contribution is 6.43. The van der Waals surface area contributed by atoms with Crippen LogP contribution in [0.5, 0.6) is 0 Å². The van der Waals surface area contributed by atoms with E-state index >= 15 is 0 Å². The normalized spacial score (nSPS) is 11.2. The van der Waals surface area contributed by atoms with Crippen LogP contribution in [0.25, 0.3) is 33.4 Å². The Balaban J connectivity index is 1.31. The van der Waals surface area contributed by atoms with Crippen molar-refractivity contribution < 1.29 is 23.3 Å². The number of hydrogen-bond donors (Lipinski definition) is 1. The molecule has 0 spiro atoms. The maximum absolute atomic E-state index is 12.6. The number of nitrogens with one attached hydrogen (secondary N) is 1. The van der Waals surface area contributed by atoms with Gasteiger partial charge in [-0.05, 0) is 25.1 Å². The Morgan fingerprint density at radius 1 is 1.03 bits per heavy atom. The number of nitrogens with zero attached hydrogens (tertiary/aromatic N) is 1. The molecule has 0 amide bonds. The third-order valence-electron chi connectivity index (χ3n) is 4.88. The molecular weight excluding hydrogens is 384 g/mol. The first kappa shape index (κ1) is 17.9. The fourth-order valence-corrected chi connectivity index (χ4v) is 3.48. The van der Waals surface area contributed by atoms with Gasteiger partial charge in [0.1, 0.15) is 17.9 Å². The summed E-state index contributed by atoms with van der Waals surface area (Å²) >= 11 is 0. The number of H-pyrrole nitrogens is 1. The summed E-state index contributed by atoms with van der Waals surface area (Å²) in [6, 6.07) is 18.3. The number of aryl methyl sites for hydroxylation is 1. The van der Waals surface area contributed by atoms with Gasteiger partial charge in [-0.3, -0.25) is 4.79 Å². The topological polar surface area (TPSA) is 98.3 Å². The molecule has 0 radical (unpaired) electrons. The minimum Gasteiger partial charge on any atom is -0.453 e. The molecule has 7 nitrogen and oxygen atoms in total. The van der Waals surface area contributed by atoms with Gasteiger partial charge < -0.3 is 18.7 Å². The average molecular weight is 400 g/mol. The van der Waals surface area contributed by atoms with Crippen LogP contribution < -0.4 is 0 Å². The van der Waals surface area contributed by atoms with E-state index in [1.165, 1.54) is 0 Å². The first-order valence-electron chi connectivity index (χ1n) is 9.33. The van der Waals surface area contributed by atoms with Crippen molar-refractivity contribution >= 4 is 33.6 Å². The highest BCUT2D eigenvalue weighted by Crippen LogP contribution is 2.28. The van der Waals surface area contributed by atoms with Crippen molar-refractivity contribution in [1.82, 2.24) is 10.1 Å². The number of benzene rings is 2. The molecule has 148 valence electrons. The summed E-state index contributed by atoms with van der Waals surface area (Å²) in [6.07, 6.45) is 0. The lowest BCUT2D eigenvalue weighted by molar-refractivity contribution is -0.139. The minimum atomic E-state index is -0.948. The van der Waals surface area contributed by atoms with Gasteiger partial charge in [0.15, 0.2) is 5.76 Å². The first-order chi connectivity index (χ1) is 14.6. The predicted octanol–water partition coefficient (Wildman–Crippen LogP) is 4.80. The fraction of sp³-hybridized carbons (Fsp3) is 0.0870. The second-order valence-corrected chi connectivity index (χ2v) is 6.91. The summed E-state index contributed by atoms with van der Waals surface area (Å²) in [7, 11) is 0. The number of aromatic amines is 1. The van der Waals surface area contributed by atoms with E-state index in [-0.39, 0.29) is 6.61 Å². The van der Waals surface area contributed by atoms with Crippen molar-refractivity contribution in [2.75, 3.05) is 0 Å². The molecule has 0 atom stereocenters. The van der Waals surface area contributed by atoms with Crippen molar-refractivity contribution in [1.29, 1.82) is 0 Å². The Morgan fingerprint density at radius 2 is 1.83 bits per heavy atom. The zero-order valence-electron chi connectivity index (χ0n) is 16.0. The summed E-state index contributed by atoms with van der Waals surface area (Å²) in [6.45, 7) is 1.56. The third kappa shape index (κ3) is 3.06. The van der Waals surface area contributed by atoms with Crippen molar-refractivity contribution in [3.8, 4) is 11.5 Å². The zero-order valence-corrected chi connectivity index (χ0v) is 16.0. The Morgan fingerprint density at radius 3 is 2.70 bits per heavy atom. The SMILES string of the molecule is Cc1[nH]c2ccccc2c1C(=O)C(=O)OCc1cc(-c2cc3ccccc3o2)on1. The Labute approximate surface area is 170 Å². The molecule has 0 unspecified atom stereocenters. The summed E-state index contributed by atoms with van der Waals surface area (Å²) in [5.41, 5.74) is 2.84. The highest BCUT2D eigenvalue weighted by Gasteiger charge is 2.24. The zero-order chi connectivity index (χ0) is 20.7. The van der Waals surface area contributed by atoms with Crippen LogP contribution in [-0.2, 0) is 16.1 Å². The van der Waals surface area contributed by atoms with Gasteiger partial charge in [0, 0.05) is 28.0 Å². The second kappa shape index (κ2) is 7.04. The maximum Gasteiger partial charge on any atom is 0.380 e. The Kier molecular flexibility index (Phi) is 4.21. The standard InChI is InChI=1S/C23H16N2O5/c1-13-21(16-7-3-4-8-17(16)24-13)22(26)23(27)28-12-15-11-20(30-25-15)19-10-14-6-2-5-9-18(14)29-19/h2-11,24H,12H2,1H3. The number of furan rings is 1. The quantitative estimate of drug-likeness (QED) is 0.258. The summed E-state index contributed by atoms with van der Waals surface area (Å²) in [4.78, 5) is 28.1. The molecule has 5 rings (SSSR count). The lowest BCUT2D eigenvalue weighted by Crippen LogP contribution is -2.18. The Hall–Kier alpha value is -4.13. The molecular formula is C23H16N2O5. The van der Waals surface area contributed by atoms with E-state index in [2.05, 4.69) is 10.1 Å². The van der Waals surface area contributed by atoms with Crippen LogP contribution in [0.15, 0.2) is 69.6 Å². The van der Waals surface area contributed by atoms with E-state index in [0.29, 0.717) is 33.9 Å². The first-order valence-corrected chi connectivity index (χ1v) is 9.33. The monoisotopic (exact) mass is 400 g/mol. The predicted molar refractivity (Wildman–Crippen MR) is 109 cm³/mol. The molecule has 0 aliphatic heterocycles. The Bertz CT molecular complexity index is 1370. The van der Waals surface area contributed by atoms with Gasteiger partial charge in [-0.15, -0.1) is 0 Å². The summed E-state index contributed by atoms with van der Waals surface area (Å²) in [5, 5.41) is 5.52. The number of hydrogen-bond acceptors (Lipinski definition) is 6. The van der Waals surface area contributed by atoms with Crippen LogP contribution in [-0.4, -0.2) is 21.9 Å². The molecule has 3 heterocycles. The van der Waals surface area contributed by atoms with Crippen LogP contribution in [0.1, 0.15) is 21.7 Å². The molecule has 0 bridgehead atoms. The van der Waals surface area contributed by atoms with Crippen molar-refractivity contribution in [2.24, 2.45) is 0 Å². The molecule has 5 aromatic rings. The minimum absolute atomic E-state index is 0.185. The van der Waals surface area contributed by atoms with Crippen molar-refractivity contribution in [2.45, 2.75) is 13.5 Å². The number of ketones is 1. The van der Waals surface area contributed by atoms with Crippen LogP contribution in [0.4, 0.5) is 0 Å². The summed E-state index contributed by atoms with van der Waals surface area (Å²) < 4.78 is 16.2. The number of ether oxygens (including phenoxy) is 1. The van der Waals surface area contributed by atoms with Gasteiger partial charge in [0.2, 0.25) is 5.76 Å². The molecule has 0 saturated carbocycles. The number of carbonyl (C=O) groups is 2. The number of para-hydroxylation sites is 2. The third-order valence-corrected chi connectivity index (χ3v) is 4.88. The molecule has 0 saturated heterocycles. The van der Waals surface area contributed by atoms with Gasteiger partial charge in [0.25, 0.3) is 5.78 Å². The molecule has 7 heteroatoms. The van der Waals surface area contributed by atoms with Crippen molar-refractivity contribution in [3.05, 3.63) is 77.6 Å². The number of esters is 1. The molecule has 1 N–H and O–H groups in total. The largest absolute Gasteiger partial charge is 0.453 e. The molecule has 0 fully saturated rings. The van der Waals surface area contributed by atoms with E-state index in [4.69, 9.17) is 13.7 Å². The van der Waals surface area contributed by atoms with Crippen molar-refractivity contribution in [3.63, 3.8) is 0 Å². The van der Waals surface area contributed by atoms with E-state index in [0.717, 1.165) is 16.5 Å². The number of fused-ring (bicyclic) bond motifs is 2. The van der Waals surface area contributed by atoms with Crippen LogP contribution in [0.3, 0.4) is 0 Å². The lowest BCUT2D eigenvalue weighted by atomic mass is 10.1. The molecule has 2 aromatic carbocycles. The smallest absolute Gasteiger partial charge is 0.380 e. The van der Waals surface area contributed by atoms with Crippen LogP contribution in [0, 0.1) is 6.92 Å². The number of rotatable bonds is 5. The average Bonchev–Trinajstić information content (AvgIpc) is 3.46. The van der Waals surface area contributed by atoms with Gasteiger partial charge in [-0.1, -0.05) is 41.6 Å². The maximum atomic E-state index is 12.6. The van der Waals surface area contributed by atoms with E-state index in [9.17, 15) is 9.59 Å². The summed E-state index contributed by atoms with van der Waals surface area (Å²) in [5.74, 6) is -0.718. The lowest BCUT2D eigenvalue weighted by Gasteiger charge is -2.02. The van der Waals surface area contributed by atoms with Gasteiger partial charge in [0.05, 0.1) is 5.56 Å². The van der Waals surface area contributed by atoms with E-state index in [1.807, 2.05) is 48.5 Å². The van der Waals surface area contributed by atoms with Crippen LogP contribution in [0.2, 0.25) is 0 Å². The van der Waals surface area contributed by atoms with Gasteiger partial charge in [-0.25, -0.2) is 4.79 Å².